The number of nitrogens with one attached hydrogen (secondary N) is 1. The largest absolute Gasteiger partial charge is 0.369 e. The van der Waals surface area contributed by atoms with Gasteiger partial charge < -0.3 is 10.2 Å². The first kappa shape index (κ1) is 11.9. The molecule has 18 heavy (non-hydrogen) atoms. The molecule has 3 rings (SSSR count). The predicted molar refractivity (Wildman–Crippen MR) is 76.2 cm³/mol. The summed E-state index contributed by atoms with van der Waals surface area (Å²) in [7, 11) is 0. The minimum Gasteiger partial charge on any atom is -0.369 e. The summed E-state index contributed by atoms with van der Waals surface area (Å²) in [6.45, 7) is 4.75. The molecule has 5 heteroatoms. The number of aromatic nitrogens is 2. The molecule has 1 saturated heterocycles. The van der Waals surface area contributed by atoms with Crippen LogP contribution < -0.4 is 5.32 Å². The van der Waals surface area contributed by atoms with Crippen molar-refractivity contribution >= 4 is 27.4 Å². The second-order valence-electron chi connectivity index (χ2n) is 4.69. The van der Waals surface area contributed by atoms with Gasteiger partial charge in [0.15, 0.2) is 0 Å². The van der Waals surface area contributed by atoms with Crippen LogP contribution in [0.3, 0.4) is 0 Å². The summed E-state index contributed by atoms with van der Waals surface area (Å²) in [6, 6.07) is 2.04. The maximum Gasteiger partial charge on any atom is 0.147 e. The Labute approximate surface area is 111 Å². The quantitative estimate of drug-likeness (QED) is 0.841. The van der Waals surface area contributed by atoms with Gasteiger partial charge in [-0.15, -0.1) is 11.3 Å². The van der Waals surface area contributed by atoms with Crippen LogP contribution in [-0.4, -0.2) is 41.0 Å². The van der Waals surface area contributed by atoms with E-state index in [1.165, 1.54) is 43.6 Å². The van der Waals surface area contributed by atoms with Gasteiger partial charge >= 0.3 is 0 Å². The maximum absolute atomic E-state index is 4.32. The van der Waals surface area contributed by atoms with Crippen molar-refractivity contribution in [1.29, 1.82) is 0 Å². The highest BCUT2D eigenvalue weighted by atomic mass is 32.1. The SMILES string of the molecule is c1nc(NCCCN2CCCC2)c2sccc2n1. The fourth-order valence-electron chi connectivity index (χ4n) is 2.43. The molecular weight excluding hydrogens is 244 g/mol. The Bertz CT molecular complexity index is 504. The number of hydrogen-bond acceptors (Lipinski definition) is 5. The van der Waals surface area contributed by atoms with Gasteiger partial charge in [-0.05, 0) is 50.3 Å². The lowest BCUT2D eigenvalue weighted by molar-refractivity contribution is 0.337. The van der Waals surface area contributed by atoms with E-state index in [4.69, 9.17) is 0 Å². The van der Waals surface area contributed by atoms with Crippen LogP contribution in [0.5, 0.6) is 0 Å². The molecule has 1 aliphatic rings. The second-order valence-corrected chi connectivity index (χ2v) is 5.60. The number of nitrogens with zero attached hydrogens (tertiary/aromatic N) is 3. The van der Waals surface area contributed by atoms with Crippen molar-refractivity contribution in [2.45, 2.75) is 19.3 Å². The molecule has 0 unspecified atom stereocenters. The van der Waals surface area contributed by atoms with Gasteiger partial charge in [-0.1, -0.05) is 0 Å². The van der Waals surface area contributed by atoms with Gasteiger partial charge in [0, 0.05) is 6.54 Å². The van der Waals surface area contributed by atoms with Gasteiger partial charge in [-0.2, -0.15) is 0 Å². The van der Waals surface area contributed by atoms with Crippen LogP contribution in [0, 0.1) is 0 Å². The molecule has 0 radical (unpaired) electrons. The van der Waals surface area contributed by atoms with Crippen LogP contribution >= 0.6 is 11.3 Å². The molecule has 1 fully saturated rings. The third kappa shape index (κ3) is 2.62. The molecule has 2 aromatic rings. The third-order valence-corrected chi connectivity index (χ3v) is 4.30. The van der Waals surface area contributed by atoms with Gasteiger partial charge in [0.25, 0.3) is 0 Å². The summed E-state index contributed by atoms with van der Waals surface area (Å²) < 4.78 is 1.17. The molecule has 0 amide bonds. The topological polar surface area (TPSA) is 41.1 Å². The minimum atomic E-state index is 0.983. The number of fused-ring (bicyclic) bond motifs is 1. The Morgan fingerprint density at radius 2 is 2.17 bits per heavy atom. The summed E-state index contributed by atoms with van der Waals surface area (Å²) in [6.07, 6.45) is 5.55. The van der Waals surface area contributed by atoms with E-state index in [2.05, 4.69) is 25.6 Å². The molecule has 0 atom stereocenters. The van der Waals surface area contributed by atoms with E-state index < -0.39 is 0 Å². The monoisotopic (exact) mass is 262 g/mol. The summed E-state index contributed by atoms with van der Waals surface area (Å²) in [5.74, 6) is 0.983. The molecule has 0 aliphatic carbocycles. The first-order valence-electron chi connectivity index (χ1n) is 6.58. The summed E-state index contributed by atoms with van der Waals surface area (Å²) in [5.41, 5.74) is 1.04. The Hall–Kier alpha value is -1.20. The highest BCUT2D eigenvalue weighted by molar-refractivity contribution is 7.17. The standard InChI is InChI=1S/C13H18N4S/c1-2-7-17(6-1)8-3-5-14-13-12-11(4-9-18-12)15-10-16-13/h4,9-10H,1-3,5-8H2,(H,14,15,16). The van der Waals surface area contributed by atoms with Crippen molar-refractivity contribution in [2.75, 3.05) is 31.5 Å². The van der Waals surface area contributed by atoms with Crippen molar-refractivity contribution in [2.24, 2.45) is 0 Å². The van der Waals surface area contributed by atoms with Crippen molar-refractivity contribution in [3.8, 4) is 0 Å². The Balaban J connectivity index is 1.51. The number of anilines is 1. The van der Waals surface area contributed by atoms with E-state index in [0.717, 1.165) is 17.9 Å². The lowest BCUT2D eigenvalue weighted by Crippen LogP contribution is -2.22. The van der Waals surface area contributed by atoms with E-state index >= 15 is 0 Å². The highest BCUT2D eigenvalue weighted by Gasteiger charge is 2.10. The fraction of sp³-hybridized carbons (Fsp3) is 0.538. The summed E-state index contributed by atoms with van der Waals surface area (Å²) in [5, 5.41) is 5.49. The predicted octanol–water partition coefficient (Wildman–Crippen LogP) is 2.59. The van der Waals surface area contributed by atoms with Crippen molar-refractivity contribution < 1.29 is 0 Å². The van der Waals surface area contributed by atoms with Crippen molar-refractivity contribution in [3.05, 3.63) is 17.8 Å². The number of thiophene rings is 1. The normalized spacial score (nSPS) is 16.4. The molecule has 96 valence electrons. The number of hydrogen-bond donors (Lipinski definition) is 1. The lowest BCUT2D eigenvalue weighted by Gasteiger charge is -2.14. The van der Waals surface area contributed by atoms with Crippen LogP contribution in [-0.2, 0) is 0 Å². The lowest BCUT2D eigenvalue weighted by atomic mass is 10.3. The Morgan fingerprint density at radius 1 is 1.28 bits per heavy atom. The van der Waals surface area contributed by atoms with Crippen LogP contribution in [0.15, 0.2) is 17.8 Å². The molecule has 1 N–H and O–H groups in total. The molecule has 1 aliphatic heterocycles. The number of rotatable bonds is 5. The molecule has 0 bridgehead atoms. The molecule has 0 saturated carbocycles. The molecule has 4 nitrogen and oxygen atoms in total. The van der Waals surface area contributed by atoms with Crippen LogP contribution in [0.4, 0.5) is 5.82 Å². The average molecular weight is 262 g/mol. The third-order valence-electron chi connectivity index (χ3n) is 3.39. The van der Waals surface area contributed by atoms with Gasteiger partial charge in [0.05, 0.1) is 10.2 Å². The highest BCUT2D eigenvalue weighted by Crippen LogP contribution is 2.24. The molecular formula is C13H18N4S. The van der Waals surface area contributed by atoms with Crippen LogP contribution in [0.25, 0.3) is 10.2 Å². The van der Waals surface area contributed by atoms with E-state index in [1.807, 2.05) is 6.07 Å². The zero-order valence-corrected chi connectivity index (χ0v) is 11.2. The van der Waals surface area contributed by atoms with Gasteiger partial charge in [0.2, 0.25) is 0 Å². The van der Waals surface area contributed by atoms with Gasteiger partial charge in [0.1, 0.15) is 12.1 Å². The first-order valence-corrected chi connectivity index (χ1v) is 7.46. The minimum absolute atomic E-state index is 0.983. The van der Waals surface area contributed by atoms with Gasteiger partial charge in [-0.3, -0.25) is 0 Å². The summed E-state index contributed by atoms with van der Waals surface area (Å²) >= 11 is 1.70. The van der Waals surface area contributed by atoms with Gasteiger partial charge in [-0.25, -0.2) is 9.97 Å². The van der Waals surface area contributed by atoms with E-state index in [-0.39, 0.29) is 0 Å². The molecule has 2 aromatic heterocycles. The van der Waals surface area contributed by atoms with E-state index in [9.17, 15) is 0 Å². The molecule has 0 spiro atoms. The Kier molecular flexibility index (Phi) is 3.71. The van der Waals surface area contributed by atoms with E-state index in [1.54, 1.807) is 17.7 Å². The molecule has 0 aromatic carbocycles. The fourth-order valence-corrected chi connectivity index (χ4v) is 3.24. The maximum atomic E-state index is 4.32. The van der Waals surface area contributed by atoms with Crippen LogP contribution in [0.2, 0.25) is 0 Å². The van der Waals surface area contributed by atoms with Crippen molar-refractivity contribution in [1.82, 2.24) is 14.9 Å². The second kappa shape index (κ2) is 5.63. The van der Waals surface area contributed by atoms with Crippen LogP contribution in [0.1, 0.15) is 19.3 Å². The van der Waals surface area contributed by atoms with E-state index in [0.29, 0.717) is 0 Å². The summed E-state index contributed by atoms with van der Waals surface area (Å²) in [4.78, 5) is 11.1. The molecule has 3 heterocycles. The zero-order chi connectivity index (χ0) is 12.2. The number of likely N-dealkylation sites (tertiary alicyclic amines) is 1. The first-order chi connectivity index (χ1) is 8.93. The zero-order valence-electron chi connectivity index (χ0n) is 10.4. The Morgan fingerprint density at radius 3 is 3.06 bits per heavy atom. The smallest absolute Gasteiger partial charge is 0.147 e. The average Bonchev–Trinajstić information content (AvgIpc) is 3.05. The van der Waals surface area contributed by atoms with Crippen molar-refractivity contribution in [3.63, 3.8) is 0 Å².